The van der Waals surface area contributed by atoms with E-state index in [1.54, 1.807) is 19.1 Å². The standard InChI is InChI=1S/C10H12N2OS/c1-7-3-4-9(12)10(5-7)14(13)8(2)6-11/h3-5,8H,12H2,1-2H3. The topological polar surface area (TPSA) is 66.9 Å². The largest absolute Gasteiger partial charge is 0.398 e. The first-order chi connectivity index (χ1) is 6.56. The molecule has 0 heterocycles. The van der Waals surface area contributed by atoms with Gasteiger partial charge in [0.25, 0.3) is 0 Å². The fourth-order valence-electron chi connectivity index (χ4n) is 1.05. The number of nitrogens with two attached hydrogens (primary N) is 1. The Morgan fingerprint density at radius 1 is 1.57 bits per heavy atom. The van der Waals surface area contributed by atoms with Crippen LogP contribution in [0.5, 0.6) is 0 Å². The average Bonchev–Trinajstić information content (AvgIpc) is 2.19. The summed E-state index contributed by atoms with van der Waals surface area (Å²) >= 11 is 0. The summed E-state index contributed by atoms with van der Waals surface area (Å²) in [5.74, 6) is 0. The van der Waals surface area contributed by atoms with Crippen LogP contribution in [-0.4, -0.2) is 9.46 Å². The second-order valence-electron chi connectivity index (χ2n) is 3.11. The molecule has 0 aliphatic rings. The number of anilines is 1. The summed E-state index contributed by atoms with van der Waals surface area (Å²) in [6.45, 7) is 3.52. The average molecular weight is 208 g/mol. The number of nitrogen functional groups attached to an aromatic ring is 1. The number of hydrogen-bond donors (Lipinski definition) is 1. The van der Waals surface area contributed by atoms with Crippen LogP contribution in [0, 0.1) is 18.3 Å². The molecule has 2 N–H and O–H groups in total. The molecule has 0 aliphatic carbocycles. The van der Waals surface area contributed by atoms with Gasteiger partial charge in [-0.3, -0.25) is 4.21 Å². The zero-order valence-electron chi connectivity index (χ0n) is 8.15. The Hall–Kier alpha value is -1.34. The lowest BCUT2D eigenvalue weighted by molar-refractivity contribution is 0.680. The van der Waals surface area contributed by atoms with Gasteiger partial charge in [0.15, 0.2) is 0 Å². The van der Waals surface area contributed by atoms with Crippen LogP contribution in [0.4, 0.5) is 5.69 Å². The van der Waals surface area contributed by atoms with Gasteiger partial charge in [-0.25, -0.2) is 0 Å². The summed E-state index contributed by atoms with van der Waals surface area (Å²) in [6.07, 6.45) is 0. The Morgan fingerprint density at radius 3 is 2.79 bits per heavy atom. The fraction of sp³-hybridized carbons (Fsp3) is 0.300. The quantitative estimate of drug-likeness (QED) is 0.750. The van der Waals surface area contributed by atoms with E-state index in [9.17, 15) is 4.21 Å². The van der Waals surface area contributed by atoms with Crippen LogP contribution in [0.3, 0.4) is 0 Å². The van der Waals surface area contributed by atoms with Crippen LogP contribution in [0.2, 0.25) is 0 Å². The van der Waals surface area contributed by atoms with Gasteiger partial charge in [0, 0.05) is 5.69 Å². The molecule has 1 aromatic carbocycles. The molecule has 0 radical (unpaired) electrons. The third kappa shape index (κ3) is 2.12. The number of aryl methyl sites for hydroxylation is 1. The molecular weight excluding hydrogens is 196 g/mol. The van der Waals surface area contributed by atoms with Gasteiger partial charge in [-0.2, -0.15) is 5.26 Å². The number of nitrogens with zero attached hydrogens (tertiary/aromatic N) is 1. The SMILES string of the molecule is Cc1ccc(N)c(S(=O)C(C)C#N)c1. The predicted octanol–water partition coefficient (Wildman–Crippen LogP) is 1.60. The molecule has 0 aromatic heterocycles. The number of benzene rings is 1. The molecule has 0 spiro atoms. The number of nitriles is 1. The van der Waals surface area contributed by atoms with E-state index in [1.807, 2.05) is 19.1 Å². The Morgan fingerprint density at radius 2 is 2.21 bits per heavy atom. The van der Waals surface area contributed by atoms with Crippen LogP contribution < -0.4 is 5.73 Å². The molecule has 0 bridgehead atoms. The Labute approximate surface area is 86.0 Å². The lowest BCUT2D eigenvalue weighted by Gasteiger charge is -2.07. The van der Waals surface area contributed by atoms with E-state index in [0.717, 1.165) is 5.56 Å². The van der Waals surface area contributed by atoms with Crippen molar-refractivity contribution < 1.29 is 4.21 Å². The summed E-state index contributed by atoms with van der Waals surface area (Å²) in [7, 11) is -1.34. The number of hydrogen-bond acceptors (Lipinski definition) is 3. The Bertz CT molecular complexity index is 409. The molecule has 1 aromatic rings. The van der Waals surface area contributed by atoms with Gasteiger partial charge in [0.1, 0.15) is 5.25 Å². The number of rotatable bonds is 2. The summed E-state index contributed by atoms with van der Waals surface area (Å²) in [5.41, 5.74) is 7.16. The predicted molar refractivity (Wildman–Crippen MR) is 57.1 cm³/mol. The monoisotopic (exact) mass is 208 g/mol. The van der Waals surface area contributed by atoms with Crippen molar-refractivity contribution in [3.8, 4) is 6.07 Å². The molecular formula is C10H12N2OS. The molecule has 3 nitrogen and oxygen atoms in total. The Balaban J connectivity index is 3.14. The molecule has 0 saturated carbocycles. The van der Waals surface area contributed by atoms with Gasteiger partial charge in [-0.15, -0.1) is 0 Å². The van der Waals surface area contributed by atoms with Crippen molar-refractivity contribution in [2.24, 2.45) is 0 Å². The van der Waals surface area contributed by atoms with E-state index in [2.05, 4.69) is 0 Å². The lowest BCUT2D eigenvalue weighted by atomic mass is 10.2. The highest BCUT2D eigenvalue weighted by molar-refractivity contribution is 7.86. The van der Waals surface area contributed by atoms with E-state index < -0.39 is 16.0 Å². The van der Waals surface area contributed by atoms with Crippen LogP contribution in [0.25, 0.3) is 0 Å². The molecule has 1 rings (SSSR count). The van der Waals surface area contributed by atoms with E-state index in [-0.39, 0.29) is 0 Å². The van der Waals surface area contributed by atoms with E-state index in [1.165, 1.54) is 0 Å². The van der Waals surface area contributed by atoms with Crippen molar-refractivity contribution in [1.29, 1.82) is 5.26 Å². The highest BCUT2D eigenvalue weighted by Gasteiger charge is 2.14. The molecule has 0 aliphatic heterocycles. The van der Waals surface area contributed by atoms with E-state index in [4.69, 9.17) is 11.0 Å². The molecule has 14 heavy (non-hydrogen) atoms. The lowest BCUT2D eigenvalue weighted by Crippen LogP contribution is -2.10. The van der Waals surface area contributed by atoms with Gasteiger partial charge < -0.3 is 5.73 Å². The maximum Gasteiger partial charge on any atom is 0.123 e. The highest BCUT2D eigenvalue weighted by Crippen LogP contribution is 2.20. The van der Waals surface area contributed by atoms with Gasteiger partial charge in [-0.1, -0.05) is 6.07 Å². The molecule has 0 fully saturated rings. The molecule has 74 valence electrons. The second-order valence-corrected chi connectivity index (χ2v) is 4.85. The van der Waals surface area contributed by atoms with Crippen molar-refractivity contribution in [2.45, 2.75) is 24.0 Å². The van der Waals surface area contributed by atoms with E-state index >= 15 is 0 Å². The van der Waals surface area contributed by atoms with E-state index in [0.29, 0.717) is 10.6 Å². The Kier molecular flexibility index (Phi) is 3.26. The van der Waals surface area contributed by atoms with Gasteiger partial charge in [0.2, 0.25) is 0 Å². The second kappa shape index (κ2) is 4.25. The minimum atomic E-state index is -1.34. The van der Waals surface area contributed by atoms with Crippen LogP contribution in [0.1, 0.15) is 12.5 Å². The molecule has 2 atom stereocenters. The molecule has 0 saturated heterocycles. The minimum absolute atomic E-state index is 0.482. The van der Waals surface area contributed by atoms with Crippen LogP contribution in [0.15, 0.2) is 23.1 Å². The molecule has 2 unspecified atom stereocenters. The maximum atomic E-state index is 11.8. The summed E-state index contributed by atoms with van der Waals surface area (Å²) < 4.78 is 11.8. The van der Waals surface area contributed by atoms with Crippen LogP contribution in [-0.2, 0) is 10.8 Å². The first kappa shape index (κ1) is 10.7. The summed E-state index contributed by atoms with van der Waals surface area (Å²) in [4.78, 5) is 0.555. The normalized spacial score (nSPS) is 14.4. The zero-order chi connectivity index (χ0) is 10.7. The zero-order valence-corrected chi connectivity index (χ0v) is 8.97. The van der Waals surface area contributed by atoms with Gasteiger partial charge in [0.05, 0.1) is 21.8 Å². The molecule has 0 amide bonds. The van der Waals surface area contributed by atoms with Crippen LogP contribution >= 0.6 is 0 Å². The smallest absolute Gasteiger partial charge is 0.123 e. The summed E-state index contributed by atoms with van der Waals surface area (Å²) in [6, 6.07) is 7.29. The van der Waals surface area contributed by atoms with Crippen molar-refractivity contribution in [1.82, 2.24) is 0 Å². The van der Waals surface area contributed by atoms with Gasteiger partial charge >= 0.3 is 0 Å². The highest BCUT2D eigenvalue weighted by atomic mass is 32.2. The third-order valence-electron chi connectivity index (χ3n) is 1.89. The third-order valence-corrected chi connectivity index (χ3v) is 3.42. The fourth-order valence-corrected chi connectivity index (χ4v) is 2.13. The summed E-state index contributed by atoms with van der Waals surface area (Å²) in [5, 5.41) is 8.11. The maximum absolute atomic E-state index is 11.8. The first-order valence-electron chi connectivity index (χ1n) is 4.22. The minimum Gasteiger partial charge on any atom is -0.398 e. The van der Waals surface area contributed by atoms with Gasteiger partial charge in [-0.05, 0) is 31.5 Å². The van der Waals surface area contributed by atoms with Crippen molar-refractivity contribution in [2.75, 3.05) is 5.73 Å². The van der Waals surface area contributed by atoms with Crippen molar-refractivity contribution >= 4 is 16.5 Å². The molecule has 4 heteroatoms. The van der Waals surface area contributed by atoms with Crippen molar-refractivity contribution in [3.05, 3.63) is 23.8 Å². The van der Waals surface area contributed by atoms with Crippen molar-refractivity contribution in [3.63, 3.8) is 0 Å². The first-order valence-corrected chi connectivity index (χ1v) is 5.44.